The highest BCUT2D eigenvalue weighted by molar-refractivity contribution is 6.31. The highest BCUT2D eigenvalue weighted by atomic mass is 35.5. The Morgan fingerprint density at radius 1 is 1.15 bits per heavy atom. The van der Waals surface area contributed by atoms with Crippen molar-refractivity contribution in [3.8, 4) is 0 Å². The van der Waals surface area contributed by atoms with Gasteiger partial charge in [0, 0.05) is 16.0 Å². The normalized spacial score (nSPS) is 10.9. The molecule has 0 saturated heterocycles. The molecule has 0 bridgehead atoms. The first-order valence-electron chi connectivity index (χ1n) is 6.04. The molecule has 20 heavy (non-hydrogen) atoms. The molecule has 3 aromatic rings. The topological polar surface area (TPSA) is 30.2 Å². The molecule has 0 unspecified atom stereocenters. The van der Waals surface area contributed by atoms with Gasteiger partial charge in [-0.05, 0) is 48.9 Å². The van der Waals surface area contributed by atoms with Crippen LogP contribution in [0.4, 0.5) is 4.39 Å². The summed E-state index contributed by atoms with van der Waals surface area (Å²) in [4.78, 5) is 12.4. The van der Waals surface area contributed by atoms with Crippen molar-refractivity contribution in [3.63, 3.8) is 0 Å². The summed E-state index contributed by atoms with van der Waals surface area (Å²) < 4.78 is 18.8. The second-order valence-electron chi connectivity index (χ2n) is 4.58. The smallest absolute Gasteiger partial charge is 0.228 e. The SMILES string of the molecule is Cc1ccc(F)cc1C(=O)c1cc2cc(Cl)ccc2o1. The molecule has 0 aliphatic heterocycles. The standard InChI is InChI=1S/C16H10ClFO2/c1-9-2-4-12(18)8-13(9)16(19)15-7-10-6-11(17)3-5-14(10)20-15/h2-8H,1H3. The quantitative estimate of drug-likeness (QED) is 0.636. The second kappa shape index (κ2) is 4.76. The molecule has 0 atom stereocenters. The predicted molar refractivity (Wildman–Crippen MR) is 75.8 cm³/mol. The van der Waals surface area contributed by atoms with Crippen molar-refractivity contribution >= 4 is 28.4 Å². The first-order chi connectivity index (χ1) is 9.54. The van der Waals surface area contributed by atoms with E-state index >= 15 is 0 Å². The fraction of sp³-hybridized carbons (Fsp3) is 0.0625. The molecular weight excluding hydrogens is 279 g/mol. The van der Waals surface area contributed by atoms with Gasteiger partial charge in [0.15, 0.2) is 5.76 Å². The molecule has 1 heterocycles. The molecule has 1 aromatic heterocycles. The van der Waals surface area contributed by atoms with Gasteiger partial charge in [0.25, 0.3) is 0 Å². The van der Waals surface area contributed by atoms with Crippen LogP contribution < -0.4 is 0 Å². The van der Waals surface area contributed by atoms with Crippen LogP contribution in [0.2, 0.25) is 5.02 Å². The molecule has 0 aliphatic rings. The van der Waals surface area contributed by atoms with Gasteiger partial charge in [-0.25, -0.2) is 4.39 Å². The first kappa shape index (κ1) is 12.9. The van der Waals surface area contributed by atoms with Crippen molar-refractivity contribution in [1.29, 1.82) is 0 Å². The molecule has 0 N–H and O–H groups in total. The number of aryl methyl sites for hydroxylation is 1. The summed E-state index contributed by atoms with van der Waals surface area (Å²) in [5, 5.41) is 1.31. The number of rotatable bonds is 2. The molecule has 2 nitrogen and oxygen atoms in total. The van der Waals surface area contributed by atoms with Gasteiger partial charge in [-0.3, -0.25) is 4.79 Å². The van der Waals surface area contributed by atoms with Gasteiger partial charge in [0.2, 0.25) is 5.78 Å². The number of fused-ring (bicyclic) bond motifs is 1. The summed E-state index contributed by atoms with van der Waals surface area (Å²) in [6.45, 7) is 1.76. The Morgan fingerprint density at radius 2 is 1.95 bits per heavy atom. The zero-order valence-corrected chi connectivity index (χ0v) is 11.4. The Labute approximate surface area is 119 Å². The minimum absolute atomic E-state index is 0.177. The van der Waals surface area contributed by atoms with E-state index in [2.05, 4.69) is 0 Å². The predicted octanol–water partition coefficient (Wildman–Crippen LogP) is 4.76. The second-order valence-corrected chi connectivity index (χ2v) is 5.02. The van der Waals surface area contributed by atoms with Crippen LogP contribution >= 0.6 is 11.6 Å². The van der Waals surface area contributed by atoms with Crippen LogP contribution in [0.25, 0.3) is 11.0 Å². The van der Waals surface area contributed by atoms with Gasteiger partial charge in [0.1, 0.15) is 11.4 Å². The first-order valence-corrected chi connectivity index (χ1v) is 6.42. The molecule has 0 radical (unpaired) electrons. The van der Waals surface area contributed by atoms with Crippen molar-refractivity contribution in [2.24, 2.45) is 0 Å². The highest BCUT2D eigenvalue weighted by Crippen LogP contribution is 2.25. The maximum Gasteiger partial charge on any atom is 0.228 e. The lowest BCUT2D eigenvalue weighted by atomic mass is 10.0. The van der Waals surface area contributed by atoms with Crippen LogP contribution in [-0.4, -0.2) is 5.78 Å². The minimum atomic E-state index is -0.446. The van der Waals surface area contributed by atoms with E-state index in [9.17, 15) is 9.18 Å². The maximum absolute atomic E-state index is 13.3. The third-order valence-electron chi connectivity index (χ3n) is 3.15. The number of furan rings is 1. The van der Waals surface area contributed by atoms with Crippen molar-refractivity contribution in [1.82, 2.24) is 0 Å². The Kier molecular flexibility index (Phi) is 3.07. The van der Waals surface area contributed by atoms with Crippen molar-refractivity contribution in [3.05, 3.63) is 70.2 Å². The van der Waals surface area contributed by atoms with Crippen LogP contribution in [0, 0.1) is 12.7 Å². The third kappa shape index (κ3) is 2.21. The zero-order valence-electron chi connectivity index (χ0n) is 10.6. The Morgan fingerprint density at radius 3 is 2.75 bits per heavy atom. The van der Waals surface area contributed by atoms with Crippen LogP contribution in [0.5, 0.6) is 0 Å². The van der Waals surface area contributed by atoms with E-state index in [0.29, 0.717) is 21.7 Å². The lowest BCUT2D eigenvalue weighted by molar-refractivity contribution is 0.101. The van der Waals surface area contributed by atoms with E-state index < -0.39 is 5.82 Å². The summed E-state index contributed by atoms with van der Waals surface area (Å²) in [6.07, 6.45) is 0. The number of hydrogen-bond donors (Lipinski definition) is 0. The Bertz CT molecular complexity index is 820. The summed E-state index contributed by atoms with van der Waals surface area (Å²) in [6, 6.07) is 10.8. The van der Waals surface area contributed by atoms with E-state index in [1.165, 1.54) is 12.1 Å². The Hall–Kier alpha value is -2.13. The van der Waals surface area contributed by atoms with Crippen molar-refractivity contribution in [2.75, 3.05) is 0 Å². The summed E-state index contributed by atoms with van der Waals surface area (Å²) >= 11 is 5.89. The highest BCUT2D eigenvalue weighted by Gasteiger charge is 2.17. The van der Waals surface area contributed by atoms with Crippen LogP contribution in [0.3, 0.4) is 0 Å². The lowest BCUT2D eigenvalue weighted by Gasteiger charge is -2.02. The van der Waals surface area contributed by atoms with Crippen LogP contribution in [0.1, 0.15) is 21.7 Å². The van der Waals surface area contributed by atoms with Crippen LogP contribution in [0.15, 0.2) is 46.9 Å². The average Bonchev–Trinajstić information content (AvgIpc) is 2.83. The van der Waals surface area contributed by atoms with Gasteiger partial charge in [0.05, 0.1) is 0 Å². The number of carbonyl (C=O) groups is 1. The molecule has 0 saturated carbocycles. The van der Waals surface area contributed by atoms with Crippen molar-refractivity contribution in [2.45, 2.75) is 6.92 Å². The fourth-order valence-electron chi connectivity index (χ4n) is 2.10. The maximum atomic E-state index is 13.3. The molecule has 2 aromatic carbocycles. The van der Waals surface area contributed by atoms with Gasteiger partial charge in [-0.2, -0.15) is 0 Å². The van der Waals surface area contributed by atoms with E-state index in [1.807, 2.05) is 0 Å². The van der Waals surface area contributed by atoms with E-state index in [-0.39, 0.29) is 11.5 Å². The largest absolute Gasteiger partial charge is 0.453 e. The Balaban J connectivity index is 2.10. The summed E-state index contributed by atoms with van der Waals surface area (Å²) in [5.41, 5.74) is 1.58. The molecule has 3 rings (SSSR count). The monoisotopic (exact) mass is 288 g/mol. The average molecular weight is 289 g/mol. The van der Waals surface area contributed by atoms with Gasteiger partial charge < -0.3 is 4.42 Å². The molecule has 0 aliphatic carbocycles. The van der Waals surface area contributed by atoms with Gasteiger partial charge >= 0.3 is 0 Å². The number of carbonyl (C=O) groups excluding carboxylic acids is 1. The van der Waals surface area contributed by atoms with Crippen LogP contribution in [-0.2, 0) is 0 Å². The molecule has 0 amide bonds. The number of benzene rings is 2. The molecular formula is C16H10ClFO2. The molecule has 0 spiro atoms. The number of hydrogen-bond acceptors (Lipinski definition) is 2. The van der Waals surface area contributed by atoms with Crippen molar-refractivity contribution < 1.29 is 13.6 Å². The number of halogens is 2. The lowest BCUT2D eigenvalue weighted by Crippen LogP contribution is -2.02. The minimum Gasteiger partial charge on any atom is -0.453 e. The molecule has 100 valence electrons. The molecule has 0 fully saturated rings. The summed E-state index contributed by atoms with van der Waals surface area (Å²) in [7, 11) is 0. The zero-order chi connectivity index (χ0) is 14.3. The molecule has 4 heteroatoms. The van der Waals surface area contributed by atoms with Gasteiger partial charge in [-0.1, -0.05) is 17.7 Å². The van der Waals surface area contributed by atoms with E-state index in [1.54, 1.807) is 37.3 Å². The third-order valence-corrected chi connectivity index (χ3v) is 3.38. The van der Waals surface area contributed by atoms with E-state index in [0.717, 1.165) is 5.39 Å². The summed E-state index contributed by atoms with van der Waals surface area (Å²) in [5.74, 6) is -0.608. The van der Waals surface area contributed by atoms with E-state index in [4.69, 9.17) is 16.0 Å². The van der Waals surface area contributed by atoms with Gasteiger partial charge in [-0.15, -0.1) is 0 Å². The number of ketones is 1. The fourth-order valence-corrected chi connectivity index (χ4v) is 2.28.